The first-order chi connectivity index (χ1) is 9.83. The van der Waals surface area contributed by atoms with Gasteiger partial charge in [0.1, 0.15) is 5.75 Å². The molecule has 2 heteroatoms. The fourth-order valence-electron chi connectivity index (χ4n) is 4.28. The van der Waals surface area contributed by atoms with Gasteiger partial charge in [-0.25, -0.2) is 0 Å². The van der Waals surface area contributed by atoms with Crippen LogP contribution in [-0.4, -0.2) is 19.7 Å². The first-order valence-electron chi connectivity index (χ1n) is 8.19. The Morgan fingerprint density at radius 1 is 1.20 bits per heavy atom. The van der Waals surface area contributed by atoms with E-state index in [0.29, 0.717) is 0 Å². The van der Waals surface area contributed by atoms with E-state index in [1.807, 2.05) is 0 Å². The summed E-state index contributed by atoms with van der Waals surface area (Å²) in [7, 11) is 1.72. The van der Waals surface area contributed by atoms with Crippen LogP contribution in [0.5, 0.6) is 5.75 Å². The standard InChI is InChI=1S/C18H27NO/c1-3-19-17(18-15-5-4-6-16(15)18)12-9-13-7-10-14(20-2)11-8-13/h7-8,10-11,15-19H,3-6,9,12H2,1-2H3. The molecule has 0 aromatic heterocycles. The Bertz CT molecular complexity index is 418. The highest BCUT2D eigenvalue weighted by molar-refractivity contribution is 5.27. The molecule has 2 aliphatic carbocycles. The molecule has 1 aromatic rings. The summed E-state index contributed by atoms with van der Waals surface area (Å²) >= 11 is 0. The molecule has 3 rings (SSSR count). The Balaban J connectivity index is 1.54. The van der Waals surface area contributed by atoms with Gasteiger partial charge in [-0.2, -0.15) is 0 Å². The monoisotopic (exact) mass is 273 g/mol. The van der Waals surface area contributed by atoms with E-state index in [4.69, 9.17) is 4.74 Å². The van der Waals surface area contributed by atoms with Gasteiger partial charge >= 0.3 is 0 Å². The van der Waals surface area contributed by atoms with Crippen molar-refractivity contribution in [3.05, 3.63) is 29.8 Å². The summed E-state index contributed by atoms with van der Waals surface area (Å²) in [4.78, 5) is 0. The number of fused-ring (bicyclic) bond motifs is 1. The van der Waals surface area contributed by atoms with Crippen molar-refractivity contribution >= 4 is 0 Å². The van der Waals surface area contributed by atoms with Crippen LogP contribution >= 0.6 is 0 Å². The van der Waals surface area contributed by atoms with Crippen molar-refractivity contribution in [1.82, 2.24) is 5.32 Å². The molecule has 3 atom stereocenters. The molecule has 0 radical (unpaired) electrons. The van der Waals surface area contributed by atoms with Gasteiger partial charge in [-0.05, 0) is 67.7 Å². The predicted molar refractivity (Wildman–Crippen MR) is 83.1 cm³/mol. The summed E-state index contributed by atoms with van der Waals surface area (Å²) in [5.74, 6) is 4.03. The zero-order valence-corrected chi connectivity index (χ0v) is 12.8. The van der Waals surface area contributed by atoms with Crippen molar-refractivity contribution in [2.45, 2.75) is 45.1 Å². The number of rotatable bonds is 7. The molecule has 3 unspecified atom stereocenters. The van der Waals surface area contributed by atoms with Gasteiger partial charge in [0.05, 0.1) is 7.11 Å². The summed E-state index contributed by atoms with van der Waals surface area (Å²) in [6, 6.07) is 9.29. The molecule has 1 N–H and O–H groups in total. The van der Waals surface area contributed by atoms with Crippen LogP contribution < -0.4 is 10.1 Å². The third kappa shape index (κ3) is 2.85. The Morgan fingerprint density at radius 3 is 2.50 bits per heavy atom. The zero-order valence-electron chi connectivity index (χ0n) is 12.8. The Hall–Kier alpha value is -1.02. The molecular formula is C18H27NO. The van der Waals surface area contributed by atoms with Crippen LogP contribution in [0.15, 0.2) is 24.3 Å². The molecule has 0 amide bonds. The number of methoxy groups -OCH3 is 1. The van der Waals surface area contributed by atoms with E-state index >= 15 is 0 Å². The lowest BCUT2D eigenvalue weighted by atomic mass is 9.97. The van der Waals surface area contributed by atoms with Gasteiger partial charge in [-0.1, -0.05) is 25.5 Å². The van der Waals surface area contributed by atoms with Gasteiger partial charge in [0.2, 0.25) is 0 Å². The van der Waals surface area contributed by atoms with E-state index < -0.39 is 0 Å². The molecule has 20 heavy (non-hydrogen) atoms. The number of benzene rings is 1. The summed E-state index contributed by atoms with van der Waals surface area (Å²) in [5, 5.41) is 3.74. The average molecular weight is 273 g/mol. The molecule has 0 aliphatic heterocycles. The van der Waals surface area contributed by atoms with Crippen LogP contribution in [0, 0.1) is 17.8 Å². The van der Waals surface area contributed by atoms with Crippen LogP contribution in [0.3, 0.4) is 0 Å². The molecule has 2 saturated carbocycles. The van der Waals surface area contributed by atoms with Crippen molar-refractivity contribution < 1.29 is 4.74 Å². The maximum atomic E-state index is 5.22. The molecule has 0 spiro atoms. The summed E-state index contributed by atoms with van der Waals surface area (Å²) in [6.07, 6.45) is 6.90. The predicted octanol–water partition coefficient (Wildman–Crippen LogP) is 3.65. The van der Waals surface area contributed by atoms with Gasteiger partial charge in [0.15, 0.2) is 0 Å². The van der Waals surface area contributed by atoms with Gasteiger partial charge in [-0.15, -0.1) is 0 Å². The third-order valence-electron chi connectivity index (χ3n) is 5.31. The molecule has 0 heterocycles. The van der Waals surface area contributed by atoms with Gasteiger partial charge in [-0.3, -0.25) is 0 Å². The highest BCUT2D eigenvalue weighted by atomic mass is 16.5. The molecular weight excluding hydrogens is 246 g/mol. The molecule has 110 valence electrons. The third-order valence-corrected chi connectivity index (χ3v) is 5.31. The minimum atomic E-state index is 0.734. The van der Waals surface area contributed by atoms with Crippen molar-refractivity contribution in [3.63, 3.8) is 0 Å². The van der Waals surface area contributed by atoms with Crippen LogP contribution in [0.25, 0.3) is 0 Å². The summed E-state index contributed by atoms with van der Waals surface area (Å²) in [6.45, 7) is 3.34. The normalized spacial score (nSPS) is 29.0. The number of aryl methyl sites for hydroxylation is 1. The lowest BCUT2D eigenvalue weighted by Crippen LogP contribution is -2.33. The van der Waals surface area contributed by atoms with Gasteiger partial charge in [0, 0.05) is 6.04 Å². The van der Waals surface area contributed by atoms with Gasteiger partial charge in [0.25, 0.3) is 0 Å². The van der Waals surface area contributed by atoms with E-state index in [-0.39, 0.29) is 0 Å². The number of ether oxygens (including phenoxy) is 1. The van der Waals surface area contributed by atoms with Crippen LogP contribution in [-0.2, 0) is 6.42 Å². The smallest absolute Gasteiger partial charge is 0.118 e. The first-order valence-corrected chi connectivity index (χ1v) is 8.19. The lowest BCUT2D eigenvalue weighted by molar-refractivity contribution is 0.392. The van der Waals surface area contributed by atoms with E-state index in [9.17, 15) is 0 Å². The van der Waals surface area contributed by atoms with Gasteiger partial charge < -0.3 is 10.1 Å². The highest BCUT2D eigenvalue weighted by Gasteiger charge is 2.55. The first kappa shape index (κ1) is 13.9. The number of hydrogen-bond donors (Lipinski definition) is 1. The molecule has 2 fully saturated rings. The van der Waals surface area contributed by atoms with E-state index in [2.05, 4.69) is 36.5 Å². The van der Waals surface area contributed by atoms with Crippen molar-refractivity contribution in [2.24, 2.45) is 17.8 Å². The quantitative estimate of drug-likeness (QED) is 0.818. The fraction of sp³-hybridized carbons (Fsp3) is 0.667. The largest absolute Gasteiger partial charge is 0.497 e. The van der Waals surface area contributed by atoms with E-state index in [0.717, 1.165) is 36.1 Å². The van der Waals surface area contributed by atoms with Crippen LogP contribution in [0.2, 0.25) is 0 Å². The fourth-order valence-corrected chi connectivity index (χ4v) is 4.28. The second-order valence-corrected chi connectivity index (χ2v) is 6.39. The lowest BCUT2D eigenvalue weighted by Gasteiger charge is -2.20. The molecule has 0 bridgehead atoms. The SMILES string of the molecule is CCNC(CCc1ccc(OC)cc1)C1C2CCCC21. The number of nitrogens with one attached hydrogen (secondary N) is 1. The van der Waals surface area contributed by atoms with Crippen molar-refractivity contribution in [3.8, 4) is 5.75 Å². The van der Waals surface area contributed by atoms with E-state index in [1.165, 1.54) is 37.7 Å². The number of hydrogen-bond acceptors (Lipinski definition) is 2. The molecule has 1 aromatic carbocycles. The Kier molecular flexibility index (Phi) is 4.30. The molecule has 2 aliphatic rings. The molecule has 2 nitrogen and oxygen atoms in total. The Labute approximate surface area is 122 Å². The minimum Gasteiger partial charge on any atom is -0.497 e. The maximum absolute atomic E-state index is 5.22. The summed E-state index contributed by atoms with van der Waals surface area (Å²) in [5.41, 5.74) is 1.43. The van der Waals surface area contributed by atoms with Crippen LogP contribution in [0.4, 0.5) is 0 Å². The van der Waals surface area contributed by atoms with Crippen molar-refractivity contribution in [1.29, 1.82) is 0 Å². The molecule has 0 saturated heterocycles. The second-order valence-electron chi connectivity index (χ2n) is 6.39. The Morgan fingerprint density at radius 2 is 1.90 bits per heavy atom. The topological polar surface area (TPSA) is 21.3 Å². The van der Waals surface area contributed by atoms with E-state index in [1.54, 1.807) is 7.11 Å². The maximum Gasteiger partial charge on any atom is 0.118 e. The van der Waals surface area contributed by atoms with Crippen molar-refractivity contribution in [2.75, 3.05) is 13.7 Å². The van der Waals surface area contributed by atoms with Crippen LogP contribution in [0.1, 0.15) is 38.2 Å². The minimum absolute atomic E-state index is 0.734. The summed E-state index contributed by atoms with van der Waals surface area (Å²) < 4.78 is 5.22. The second kappa shape index (κ2) is 6.17. The average Bonchev–Trinajstić information content (AvgIpc) is 2.95. The highest BCUT2D eigenvalue weighted by Crippen LogP contribution is 2.59. The zero-order chi connectivity index (χ0) is 13.9.